The topological polar surface area (TPSA) is 91.4 Å². The van der Waals surface area contributed by atoms with Crippen molar-refractivity contribution >= 4 is 22.6 Å². The van der Waals surface area contributed by atoms with Crippen molar-refractivity contribution in [1.29, 1.82) is 5.26 Å². The van der Waals surface area contributed by atoms with E-state index in [4.69, 9.17) is 15.3 Å². The average Bonchev–Trinajstić information content (AvgIpc) is 3.92. The standard InChI is InChI=1S/C67H57N7/c68-49-50-23-22-24-51(47-50)59(39-46-69-65-43-40-64(41-44-65,42-45-65)52-25-8-1-9-26-52)60-48-61(71-66(53-27-10-2-11-28-53,54-29-12-3-13-30-54)55-31-14-4-15-32-55)70-63-62(60)72-73-74(63)67(56-33-16-5-17-34-56,57-35-18-6-19-36-57)58-37-20-7-21-38-58/h1-39,47-48,69H,40-46H2,(H,70,71)/b59-39+. The summed E-state index contributed by atoms with van der Waals surface area (Å²) in [5, 5.41) is 29.2. The summed E-state index contributed by atoms with van der Waals surface area (Å²) >= 11 is 0. The first-order chi connectivity index (χ1) is 36.5. The minimum absolute atomic E-state index is 0.0391. The summed E-state index contributed by atoms with van der Waals surface area (Å²) in [5.74, 6) is 0.626. The fourth-order valence-corrected chi connectivity index (χ4v) is 12.5. The van der Waals surface area contributed by atoms with Crippen molar-refractivity contribution in [3.8, 4) is 6.07 Å². The summed E-state index contributed by atoms with van der Waals surface area (Å²) in [7, 11) is 0. The molecule has 74 heavy (non-hydrogen) atoms. The molecule has 2 bridgehead atoms. The third-order valence-corrected chi connectivity index (χ3v) is 16.2. The van der Waals surface area contributed by atoms with Crippen LogP contribution in [0.5, 0.6) is 0 Å². The molecule has 2 aromatic heterocycles. The molecule has 2 N–H and O–H groups in total. The fourth-order valence-electron chi connectivity index (χ4n) is 12.5. The van der Waals surface area contributed by atoms with Crippen LogP contribution in [-0.2, 0) is 16.5 Å². The van der Waals surface area contributed by atoms with Gasteiger partial charge in [0.2, 0.25) is 0 Å². The molecule has 0 radical (unpaired) electrons. The Morgan fingerprint density at radius 1 is 0.541 bits per heavy atom. The minimum atomic E-state index is -1.01. The molecular formula is C67H57N7. The van der Waals surface area contributed by atoms with Gasteiger partial charge in [-0.05, 0) is 112 Å². The predicted octanol–water partition coefficient (Wildman–Crippen LogP) is 14.0. The van der Waals surface area contributed by atoms with E-state index in [1.807, 2.05) is 22.9 Å². The Hall–Kier alpha value is -8.70. The molecule has 0 unspecified atom stereocenters. The molecule has 3 aliphatic rings. The van der Waals surface area contributed by atoms with Gasteiger partial charge in [0.15, 0.2) is 5.65 Å². The van der Waals surface area contributed by atoms with Gasteiger partial charge >= 0.3 is 0 Å². The molecule has 8 aromatic carbocycles. The van der Waals surface area contributed by atoms with Crippen LogP contribution in [0.1, 0.15) is 94.2 Å². The van der Waals surface area contributed by atoms with E-state index in [-0.39, 0.29) is 11.0 Å². The molecule has 3 fully saturated rings. The van der Waals surface area contributed by atoms with Gasteiger partial charge in [-0.2, -0.15) is 5.26 Å². The fraction of sp³-hybridized carbons (Fsp3) is 0.164. The van der Waals surface area contributed by atoms with Crippen LogP contribution in [-0.4, -0.2) is 32.1 Å². The van der Waals surface area contributed by atoms with Gasteiger partial charge < -0.3 is 10.6 Å². The summed E-state index contributed by atoms with van der Waals surface area (Å²) in [5.41, 5.74) is 10.6. The first kappa shape index (κ1) is 46.4. The Bertz CT molecular complexity index is 3370. The molecule has 2 heterocycles. The third kappa shape index (κ3) is 8.18. The number of hydrogen-bond acceptors (Lipinski definition) is 6. The third-order valence-electron chi connectivity index (χ3n) is 16.2. The molecule has 7 nitrogen and oxygen atoms in total. The number of nitriles is 1. The van der Waals surface area contributed by atoms with E-state index in [1.54, 1.807) is 0 Å². The second-order valence-corrected chi connectivity index (χ2v) is 20.1. The zero-order chi connectivity index (χ0) is 49.8. The molecule has 3 saturated carbocycles. The summed E-state index contributed by atoms with van der Waals surface area (Å²) in [6.45, 7) is 0.620. The largest absolute Gasteiger partial charge is 0.353 e. The van der Waals surface area contributed by atoms with Crippen molar-refractivity contribution in [3.63, 3.8) is 0 Å². The van der Waals surface area contributed by atoms with Crippen molar-refractivity contribution in [2.45, 2.75) is 60.6 Å². The Morgan fingerprint density at radius 2 is 1.00 bits per heavy atom. The maximum absolute atomic E-state index is 10.4. The maximum atomic E-state index is 10.4. The smallest absolute Gasteiger partial charge is 0.182 e. The molecule has 0 spiro atoms. The van der Waals surface area contributed by atoms with Gasteiger partial charge in [-0.25, -0.2) is 9.67 Å². The highest BCUT2D eigenvalue weighted by atomic mass is 15.5. The molecule has 0 amide bonds. The van der Waals surface area contributed by atoms with Gasteiger partial charge in [0, 0.05) is 17.6 Å². The zero-order valence-electron chi connectivity index (χ0n) is 41.4. The van der Waals surface area contributed by atoms with Crippen LogP contribution in [0.15, 0.2) is 249 Å². The van der Waals surface area contributed by atoms with Crippen LogP contribution < -0.4 is 10.6 Å². The summed E-state index contributed by atoms with van der Waals surface area (Å²) in [6.07, 6.45) is 9.20. The van der Waals surface area contributed by atoms with Crippen LogP contribution in [0.2, 0.25) is 0 Å². The van der Waals surface area contributed by atoms with Gasteiger partial charge in [0.25, 0.3) is 0 Å². The van der Waals surface area contributed by atoms with Crippen LogP contribution in [0.25, 0.3) is 16.7 Å². The van der Waals surface area contributed by atoms with Crippen molar-refractivity contribution in [2.24, 2.45) is 0 Å². The van der Waals surface area contributed by atoms with E-state index >= 15 is 0 Å². The van der Waals surface area contributed by atoms with E-state index < -0.39 is 11.1 Å². The van der Waals surface area contributed by atoms with E-state index in [9.17, 15) is 5.26 Å². The first-order valence-corrected chi connectivity index (χ1v) is 25.9. The molecule has 13 rings (SSSR count). The lowest BCUT2D eigenvalue weighted by Gasteiger charge is -2.54. The number of nitrogens with zero attached hydrogens (tertiary/aromatic N) is 5. The highest BCUT2D eigenvalue weighted by molar-refractivity contribution is 5.95. The minimum Gasteiger partial charge on any atom is -0.353 e. The highest BCUT2D eigenvalue weighted by Crippen LogP contribution is 2.54. The zero-order valence-corrected chi connectivity index (χ0v) is 41.4. The predicted molar refractivity (Wildman–Crippen MR) is 298 cm³/mol. The van der Waals surface area contributed by atoms with Gasteiger partial charge in [-0.3, -0.25) is 0 Å². The lowest BCUT2D eigenvalue weighted by atomic mass is 9.55. The normalized spacial score (nSPS) is 17.7. The van der Waals surface area contributed by atoms with Gasteiger partial charge in [-0.1, -0.05) is 236 Å². The van der Waals surface area contributed by atoms with Crippen molar-refractivity contribution in [2.75, 3.05) is 11.9 Å². The second-order valence-electron chi connectivity index (χ2n) is 20.1. The van der Waals surface area contributed by atoms with Crippen LogP contribution in [0.3, 0.4) is 0 Å². The number of fused-ring (bicyclic) bond motifs is 4. The Kier molecular flexibility index (Phi) is 12.4. The SMILES string of the molecule is N#Cc1cccc(/C(=C\CNC23CCC(c4ccccc4)(CC2)CC3)c2cc(NC(c3ccccc3)(c3ccccc3)c3ccccc3)nc3c2nnn3C(c2ccccc2)(c2ccccc2)c2ccccc2)c1. The summed E-state index contributed by atoms with van der Waals surface area (Å²) in [4.78, 5) is 5.76. The molecule has 0 aliphatic heterocycles. The maximum Gasteiger partial charge on any atom is 0.182 e. The van der Waals surface area contributed by atoms with E-state index in [2.05, 4.69) is 247 Å². The summed E-state index contributed by atoms with van der Waals surface area (Å²) in [6, 6.07) is 87.3. The van der Waals surface area contributed by atoms with Gasteiger partial charge in [-0.15, -0.1) is 5.10 Å². The lowest BCUT2D eigenvalue weighted by molar-refractivity contribution is 0.0802. The number of anilines is 1. The van der Waals surface area contributed by atoms with Gasteiger partial charge in [0.1, 0.15) is 22.4 Å². The molecule has 3 aliphatic carbocycles. The van der Waals surface area contributed by atoms with Crippen molar-refractivity contribution in [3.05, 3.63) is 304 Å². The number of hydrogen-bond donors (Lipinski definition) is 2. The van der Waals surface area contributed by atoms with Crippen LogP contribution in [0.4, 0.5) is 5.82 Å². The summed E-state index contributed by atoms with van der Waals surface area (Å²) < 4.78 is 2.04. The molecule has 10 aromatic rings. The monoisotopic (exact) mass is 959 g/mol. The van der Waals surface area contributed by atoms with E-state index in [0.717, 1.165) is 69.3 Å². The van der Waals surface area contributed by atoms with Crippen molar-refractivity contribution < 1.29 is 0 Å². The number of nitrogens with one attached hydrogen (secondary N) is 2. The molecule has 0 saturated heterocycles. The highest BCUT2D eigenvalue weighted by Gasteiger charge is 2.49. The lowest BCUT2D eigenvalue weighted by Crippen LogP contribution is -2.56. The average molecular weight is 960 g/mol. The second kappa shape index (κ2) is 19.7. The van der Waals surface area contributed by atoms with E-state index in [1.165, 1.54) is 24.8 Å². The number of rotatable bonds is 15. The molecule has 360 valence electrons. The molecular weight excluding hydrogens is 903 g/mol. The van der Waals surface area contributed by atoms with Crippen LogP contribution in [0, 0.1) is 11.3 Å². The number of aromatic nitrogens is 4. The number of benzene rings is 8. The Balaban J connectivity index is 1.10. The Morgan fingerprint density at radius 3 is 1.47 bits per heavy atom. The van der Waals surface area contributed by atoms with Gasteiger partial charge in [0.05, 0.1) is 11.6 Å². The first-order valence-electron chi connectivity index (χ1n) is 25.9. The Labute approximate surface area is 433 Å². The molecule has 0 atom stereocenters. The van der Waals surface area contributed by atoms with Crippen molar-refractivity contribution in [1.82, 2.24) is 25.3 Å². The number of pyridine rings is 1. The van der Waals surface area contributed by atoms with Crippen LogP contribution >= 0.6 is 0 Å². The quantitative estimate of drug-likeness (QED) is 0.0995. The molecule has 7 heteroatoms. The van der Waals surface area contributed by atoms with E-state index in [0.29, 0.717) is 29.1 Å².